The summed E-state index contributed by atoms with van der Waals surface area (Å²) in [6.45, 7) is 2.32. The Kier molecular flexibility index (Phi) is 5.84. The third kappa shape index (κ3) is 3.83. The van der Waals surface area contributed by atoms with Crippen LogP contribution < -0.4 is 14.4 Å². The number of phenolic OH excluding ortho intramolecular Hbond substituents is 1. The maximum Gasteiger partial charge on any atom is 0.350 e. The van der Waals surface area contributed by atoms with Crippen molar-refractivity contribution >= 4 is 39.9 Å². The molecular weight excluding hydrogens is 488 g/mol. The minimum Gasteiger partial charge on any atom is -0.508 e. The lowest BCUT2D eigenvalue weighted by atomic mass is 9.95. The topological polar surface area (TPSA) is 135 Å². The van der Waals surface area contributed by atoms with Crippen molar-refractivity contribution in [1.82, 2.24) is 4.98 Å². The number of aromatic hydroxyl groups is 1. The number of aliphatic hydroxyl groups is 1. The Morgan fingerprint density at radius 2 is 1.81 bits per heavy atom. The van der Waals surface area contributed by atoms with Gasteiger partial charge in [-0.2, -0.15) is 0 Å². The van der Waals surface area contributed by atoms with Gasteiger partial charge in [-0.15, -0.1) is 0 Å². The van der Waals surface area contributed by atoms with E-state index in [1.54, 1.807) is 19.1 Å². The zero-order valence-corrected chi connectivity index (χ0v) is 20.0. The summed E-state index contributed by atoms with van der Waals surface area (Å²) in [5.74, 6) is -1.98. The number of aromatic nitrogens is 1. The number of aryl methyl sites for hydroxylation is 1. The van der Waals surface area contributed by atoms with Crippen LogP contribution in [0.5, 0.6) is 17.2 Å². The lowest BCUT2D eigenvalue weighted by molar-refractivity contribution is -0.132. The lowest BCUT2D eigenvalue weighted by Gasteiger charge is -2.23. The fraction of sp³-hybridized carbons (Fsp3) is 0.200. The number of aliphatic hydroxyl groups excluding tert-OH is 1. The molecule has 5 rings (SSSR count). The van der Waals surface area contributed by atoms with Gasteiger partial charge in [0.25, 0.3) is 5.78 Å². The smallest absolute Gasteiger partial charge is 0.350 e. The van der Waals surface area contributed by atoms with Crippen LogP contribution in [0.4, 0.5) is 5.13 Å². The molecule has 3 aromatic rings. The normalized spacial score (nSPS) is 18.4. The van der Waals surface area contributed by atoms with Crippen LogP contribution >= 0.6 is 11.3 Å². The molecule has 0 saturated carbocycles. The molecule has 0 radical (unpaired) electrons. The number of esters is 1. The summed E-state index contributed by atoms with van der Waals surface area (Å²) >= 11 is 0.902. The van der Waals surface area contributed by atoms with Gasteiger partial charge in [-0.1, -0.05) is 23.5 Å². The number of thiazole rings is 1. The number of rotatable bonds is 4. The number of hydrogen-bond donors (Lipinski definition) is 2. The van der Waals surface area contributed by atoms with Crippen LogP contribution in [-0.4, -0.2) is 53.2 Å². The highest BCUT2D eigenvalue weighted by molar-refractivity contribution is 7.17. The fourth-order valence-electron chi connectivity index (χ4n) is 4.12. The van der Waals surface area contributed by atoms with Crippen molar-refractivity contribution < 1.29 is 38.8 Å². The zero-order valence-electron chi connectivity index (χ0n) is 19.2. The molecule has 2 aliphatic rings. The second-order valence-electron chi connectivity index (χ2n) is 8.02. The number of amides is 1. The average Bonchev–Trinajstić information content (AvgIpc) is 3.40. The number of hydrogen-bond acceptors (Lipinski definition) is 10. The Bertz CT molecular complexity index is 1430. The molecule has 1 atom stereocenters. The number of nitrogens with zero attached hydrogens (tertiary/aromatic N) is 2. The molecule has 0 bridgehead atoms. The van der Waals surface area contributed by atoms with Crippen molar-refractivity contribution in [1.29, 1.82) is 0 Å². The number of benzene rings is 2. The first-order valence-corrected chi connectivity index (χ1v) is 11.7. The van der Waals surface area contributed by atoms with E-state index in [1.165, 1.54) is 37.4 Å². The summed E-state index contributed by atoms with van der Waals surface area (Å²) in [6, 6.07) is 9.53. The minimum atomic E-state index is -1.07. The van der Waals surface area contributed by atoms with Gasteiger partial charge in [0.05, 0.1) is 24.4 Å². The number of methoxy groups -OCH3 is 1. The first-order chi connectivity index (χ1) is 17.3. The molecule has 1 amide bonds. The first-order valence-electron chi connectivity index (χ1n) is 10.9. The number of Topliss-reactive ketones (excluding diaryl/α,β-unsaturated/α-hetero) is 1. The number of phenols is 1. The van der Waals surface area contributed by atoms with Crippen LogP contribution in [0.3, 0.4) is 0 Å². The molecule has 2 aromatic carbocycles. The highest BCUT2D eigenvalue weighted by Crippen LogP contribution is 2.45. The first kappa shape index (κ1) is 23.4. The molecule has 2 N–H and O–H groups in total. The lowest BCUT2D eigenvalue weighted by Crippen LogP contribution is -2.29. The molecule has 1 fully saturated rings. The summed E-state index contributed by atoms with van der Waals surface area (Å²) < 4.78 is 15.9. The predicted octanol–water partition coefficient (Wildman–Crippen LogP) is 3.34. The summed E-state index contributed by atoms with van der Waals surface area (Å²) in [5, 5.41) is 21.2. The van der Waals surface area contributed by atoms with Crippen LogP contribution in [0.25, 0.3) is 5.76 Å². The summed E-state index contributed by atoms with van der Waals surface area (Å²) in [6.07, 6.45) is 0. The molecule has 3 heterocycles. The predicted molar refractivity (Wildman–Crippen MR) is 129 cm³/mol. The largest absolute Gasteiger partial charge is 0.508 e. The number of anilines is 1. The maximum atomic E-state index is 13.3. The van der Waals surface area contributed by atoms with E-state index in [2.05, 4.69) is 4.98 Å². The van der Waals surface area contributed by atoms with E-state index >= 15 is 0 Å². The van der Waals surface area contributed by atoms with E-state index in [4.69, 9.17) is 14.2 Å². The number of ether oxygens (including phenoxy) is 3. The summed E-state index contributed by atoms with van der Waals surface area (Å²) in [7, 11) is 1.23. The van der Waals surface area contributed by atoms with E-state index in [0.717, 1.165) is 16.2 Å². The van der Waals surface area contributed by atoms with Crippen LogP contribution in [-0.2, 0) is 14.3 Å². The highest BCUT2D eigenvalue weighted by Gasteiger charge is 2.48. The van der Waals surface area contributed by atoms with Crippen molar-refractivity contribution in [2.45, 2.75) is 13.0 Å². The van der Waals surface area contributed by atoms with Gasteiger partial charge >= 0.3 is 11.9 Å². The van der Waals surface area contributed by atoms with Crippen LogP contribution in [0.2, 0.25) is 0 Å². The molecule has 1 saturated heterocycles. The van der Waals surface area contributed by atoms with E-state index in [1.807, 2.05) is 0 Å². The number of fused-ring (bicyclic) bond motifs is 1. The molecule has 11 heteroatoms. The SMILES string of the molecule is COC(=O)c1sc(N2C(=O)C(=O)C(=C(O)c3ccc4c(c3)OCCO4)C2c2ccc(O)cc2)nc1C. The maximum absolute atomic E-state index is 13.3. The monoisotopic (exact) mass is 508 g/mol. The third-order valence-corrected chi connectivity index (χ3v) is 6.97. The summed E-state index contributed by atoms with van der Waals surface area (Å²) in [4.78, 5) is 44.4. The van der Waals surface area contributed by atoms with Gasteiger partial charge < -0.3 is 24.4 Å². The van der Waals surface area contributed by atoms with Crippen molar-refractivity contribution in [3.05, 3.63) is 69.7 Å². The second kappa shape index (κ2) is 9.00. The van der Waals surface area contributed by atoms with Crippen molar-refractivity contribution in [2.24, 2.45) is 0 Å². The van der Waals surface area contributed by atoms with Crippen molar-refractivity contribution in [2.75, 3.05) is 25.2 Å². The molecule has 2 aliphatic heterocycles. The fourth-order valence-corrected chi connectivity index (χ4v) is 5.13. The standard InChI is InChI=1S/C25H20N2O8S/c1-12-22(24(32)33-2)36-25(26-12)27-19(13-3-6-15(28)7-4-13)18(21(30)23(27)31)20(29)14-5-8-16-17(11-14)35-10-9-34-16/h3-8,11,19,28-29H,9-10H2,1-2H3. The van der Waals surface area contributed by atoms with Gasteiger partial charge in [0.1, 0.15) is 29.6 Å². The Balaban J connectivity index is 1.68. The Labute approximate surface area is 209 Å². The third-order valence-electron chi connectivity index (χ3n) is 5.83. The molecular formula is C25H20N2O8S. The number of ketones is 1. The van der Waals surface area contributed by atoms with Crippen LogP contribution in [0, 0.1) is 6.92 Å². The average molecular weight is 509 g/mol. The van der Waals surface area contributed by atoms with Gasteiger partial charge in [-0.3, -0.25) is 14.5 Å². The molecule has 184 valence electrons. The molecule has 36 heavy (non-hydrogen) atoms. The van der Waals surface area contributed by atoms with Gasteiger partial charge in [0, 0.05) is 5.56 Å². The van der Waals surface area contributed by atoms with Crippen molar-refractivity contribution in [3.63, 3.8) is 0 Å². The van der Waals surface area contributed by atoms with Crippen LogP contribution in [0.15, 0.2) is 48.0 Å². The minimum absolute atomic E-state index is 0.0133. The van der Waals surface area contributed by atoms with Gasteiger partial charge in [0.2, 0.25) is 0 Å². The Hall–Kier alpha value is -4.38. The van der Waals surface area contributed by atoms with E-state index in [-0.39, 0.29) is 26.9 Å². The molecule has 10 nitrogen and oxygen atoms in total. The van der Waals surface area contributed by atoms with E-state index in [0.29, 0.717) is 36.0 Å². The zero-order chi connectivity index (χ0) is 25.6. The second-order valence-corrected chi connectivity index (χ2v) is 9.00. The molecule has 1 unspecified atom stereocenters. The number of carbonyl (C=O) groups is 3. The molecule has 0 spiro atoms. The van der Waals surface area contributed by atoms with Crippen LogP contribution in [0.1, 0.15) is 32.5 Å². The highest BCUT2D eigenvalue weighted by atomic mass is 32.1. The molecule has 0 aliphatic carbocycles. The number of carbonyl (C=O) groups excluding carboxylic acids is 3. The summed E-state index contributed by atoms with van der Waals surface area (Å²) in [5.41, 5.74) is 0.861. The van der Waals surface area contributed by atoms with E-state index in [9.17, 15) is 24.6 Å². The molecule has 1 aromatic heterocycles. The Morgan fingerprint density at radius 3 is 2.50 bits per heavy atom. The van der Waals surface area contributed by atoms with E-state index < -0.39 is 29.5 Å². The van der Waals surface area contributed by atoms with Crippen molar-refractivity contribution in [3.8, 4) is 17.2 Å². The quantitative estimate of drug-likeness (QED) is 0.235. The van der Waals surface area contributed by atoms with Gasteiger partial charge in [-0.25, -0.2) is 9.78 Å². The Morgan fingerprint density at radius 1 is 1.11 bits per heavy atom. The van der Waals surface area contributed by atoms with Gasteiger partial charge in [-0.05, 0) is 42.8 Å². The van der Waals surface area contributed by atoms with Gasteiger partial charge in [0.15, 0.2) is 16.6 Å².